The van der Waals surface area contributed by atoms with Crippen molar-refractivity contribution in [3.05, 3.63) is 12.7 Å². The van der Waals surface area contributed by atoms with Crippen LogP contribution in [0, 0.1) is 5.92 Å². The van der Waals surface area contributed by atoms with Crippen LogP contribution in [0.15, 0.2) is 12.7 Å². The molecule has 0 aliphatic carbocycles. The Morgan fingerprint density at radius 1 is 1.80 bits per heavy atom. The number of rotatable bonds is 3. The first kappa shape index (κ1) is 8.15. The molecule has 1 N–H and O–H groups in total. The third-order valence-electron chi connectivity index (χ3n) is 1.92. The van der Waals surface area contributed by atoms with Crippen molar-refractivity contribution < 1.29 is 5.11 Å². The molecule has 2 atom stereocenters. The van der Waals surface area contributed by atoms with Crippen LogP contribution in [0.4, 0.5) is 0 Å². The highest BCUT2D eigenvalue weighted by Crippen LogP contribution is 2.27. The summed E-state index contributed by atoms with van der Waals surface area (Å²) in [7, 11) is 0. The van der Waals surface area contributed by atoms with Crippen molar-refractivity contribution in [2.24, 2.45) is 5.92 Å². The van der Waals surface area contributed by atoms with Crippen molar-refractivity contribution in [1.29, 1.82) is 0 Å². The van der Waals surface area contributed by atoms with Crippen LogP contribution in [0.5, 0.6) is 0 Å². The maximum absolute atomic E-state index is 9.46. The standard InChI is InChI=1S/C8H14OS/c1-2-3-8(9)7-4-5-10-6-7/h2,7-9H,1,3-6H2. The Bertz CT molecular complexity index is 108. The summed E-state index contributed by atoms with van der Waals surface area (Å²) in [6, 6.07) is 0. The Labute approximate surface area is 66.5 Å². The van der Waals surface area contributed by atoms with Crippen LogP contribution in [-0.4, -0.2) is 22.7 Å². The second kappa shape index (κ2) is 4.04. The van der Waals surface area contributed by atoms with Crippen molar-refractivity contribution >= 4 is 11.8 Å². The maximum Gasteiger partial charge on any atom is 0.0610 e. The zero-order chi connectivity index (χ0) is 7.40. The largest absolute Gasteiger partial charge is 0.392 e. The Kier molecular flexibility index (Phi) is 3.29. The van der Waals surface area contributed by atoms with E-state index >= 15 is 0 Å². The highest BCUT2D eigenvalue weighted by molar-refractivity contribution is 7.99. The molecule has 0 spiro atoms. The van der Waals surface area contributed by atoms with Crippen LogP contribution < -0.4 is 0 Å². The molecule has 0 saturated carbocycles. The quantitative estimate of drug-likeness (QED) is 0.631. The number of thioether (sulfide) groups is 1. The van der Waals surface area contributed by atoms with Crippen LogP contribution in [0.1, 0.15) is 12.8 Å². The van der Waals surface area contributed by atoms with Gasteiger partial charge in [-0.15, -0.1) is 6.58 Å². The molecule has 0 aromatic carbocycles. The van der Waals surface area contributed by atoms with Crippen molar-refractivity contribution in [1.82, 2.24) is 0 Å². The van der Waals surface area contributed by atoms with E-state index in [-0.39, 0.29) is 6.10 Å². The molecule has 2 unspecified atom stereocenters. The zero-order valence-corrected chi connectivity index (χ0v) is 6.94. The third kappa shape index (κ3) is 2.03. The first-order chi connectivity index (χ1) is 4.84. The minimum Gasteiger partial charge on any atom is -0.392 e. The van der Waals surface area contributed by atoms with Gasteiger partial charge in [0.2, 0.25) is 0 Å². The molecule has 1 heterocycles. The predicted molar refractivity (Wildman–Crippen MR) is 46.3 cm³/mol. The fraction of sp³-hybridized carbons (Fsp3) is 0.750. The van der Waals surface area contributed by atoms with Crippen LogP contribution in [-0.2, 0) is 0 Å². The van der Waals surface area contributed by atoms with Gasteiger partial charge in [0, 0.05) is 0 Å². The molecule has 2 heteroatoms. The second-order valence-corrected chi connectivity index (χ2v) is 3.87. The van der Waals surface area contributed by atoms with Gasteiger partial charge in [-0.3, -0.25) is 0 Å². The highest BCUT2D eigenvalue weighted by atomic mass is 32.2. The molecule has 1 fully saturated rings. The minimum atomic E-state index is -0.132. The topological polar surface area (TPSA) is 20.2 Å². The second-order valence-electron chi connectivity index (χ2n) is 2.72. The molecule has 0 aromatic heterocycles. The van der Waals surface area contributed by atoms with Gasteiger partial charge in [0.15, 0.2) is 0 Å². The molecule has 0 amide bonds. The van der Waals surface area contributed by atoms with Gasteiger partial charge >= 0.3 is 0 Å². The van der Waals surface area contributed by atoms with Gasteiger partial charge in [0.25, 0.3) is 0 Å². The molecule has 0 radical (unpaired) electrons. The summed E-state index contributed by atoms with van der Waals surface area (Å²) in [6.07, 6.45) is 3.60. The monoisotopic (exact) mass is 158 g/mol. The lowest BCUT2D eigenvalue weighted by Crippen LogP contribution is -2.18. The molecule has 1 aliphatic heterocycles. The van der Waals surface area contributed by atoms with Crippen molar-refractivity contribution in [3.8, 4) is 0 Å². The lowest BCUT2D eigenvalue weighted by Gasteiger charge is -2.14. The fourth-order valence-electron chi connectivity index (χ4n) is 1.22. The van der Waals surface area contributed by atoms with Crippen molar-refractivity contribution in [2.45, 2.75) is 18.9 Å². The highest BCUT2D eigenvalue weighted by Gasteiger charge is 2.21. The smallest absolute Gasteiger partial charge is 0.0610 e. The van der Waals surface area contributed by atoms with E-state index < -0.39 is 0 Å². The molecule has 1 saturated heterocycles. The normalized spacial score (nSPS) is 28.3. The summed E-state index contributed by atoms with van der Waals surface area (Å²) in [4.78, 5) is 0. The Hall–Kier alpha value is 0.0500. The fourth-order valence-corrected chi connectivity index (χ4v) is 2.55. The Morgan fingerprint density at radius 2 is 2.60 bits per heavy atom. The van der Waals surface area contributed by atoms with Gasteiger partial charge in [0.05, 0.1) is 6.10 Å². The summed E-state index contributed by atoms with van der Waals surface area (Å²) in [5.74, 6) is 2.89. The predicted octanol–water partition coefficient (Wildman–Crippen LogP) is 1.68. The van der Waals surface area contributed by atoms with Gasteiger partial charge in [-0.25, -0.2) is 0 Å². The first-order valence-corrected chi connectivity index (χ1v) is 4.86. The average Bonchev–Trinajstić information content (AvgIpc) is 2.38. The van der Waals surface area contributed by atoms with Gasteiger partial charge in [-0.05, 0) is 30.3 Å². The van der Waals surface area contributed by atoms with Gasteiger partial charge in [0.1, 0.15) is 0 Å². The number of hydrogen-bond acceptors (Lipinski definition) is 2. The molecule has 10 heavy (non-hydrogen) atoms. The summed E-state index contributed by atoms with van der Waals surface area (Å²) >= 11 is 1.94. The van der Waals surface area contributed by atoms with Crippen LogP contribution in [0.2, 0.25) is 0 Å². The third-order valence-corrected chi connectivity index (χ3v) is 3.11. The summed E-state index contributed by atoms with van der Waals surface area (Å²) in [5, 5.41) is 9.46. The molecular weight excluding hydrogens is 144 g/mol. The van der Waals surface area contributed by atoms with Gasteiger partial charge in [-0.1, -0.05) is 6.08 Å². The molecular formula is C8H14OS. The summed E-state index contributed by atoms with van der Waals surface area (Å²) in [5.41, 5.74) is 0. The van der Waals surface area contributed by atoms with E-state index in [1.807, 2.05) is 11.8 Å². The van der Waals surface area contributed by atoms with E-state index in [1.165, 1.54) is 12.2 Å². The van der Waals surface area contributed by atoms with E-state index in [4.69, 9.17) is 0 Å². The molecule has 1 rings (SSSR count). The van der Waals surface area contributed by atoms with Gasteiger partial charge in [-0.2, -0.15) is 11.8 Å². The molecule has 1 aliphatic rings. The van der Waals surface area contributed by atoms with E-state index in [0.29, 0.717) is 5.92 Å². The number of hydrogen-bond donors (Lipinski definition) is 1. The van der Waals surface area contributed by atoms with E-state index in [2.05, 4.69) is 6.58 Å². The molecule has 0 aromatic rings. The van der Waals surface area contributed by atoms with Crippen molar-refractivity contribution in [2.75, 3.05) is 11.5 Å². The number of aliphatic hydroxyl groups is 1. The summed E-state index contributed by atoms with van der Waals surface area (Å²) < 4.78 is 0. The van der Waals surface area contributed by atoms with E-state index in [9.17, 15) is 5.11 Å². The SMILES string of the molecule is C=CCC(O)C1CCSC1. The van der Waals surface area contributed by atoms with E-state index in [0.717, 1.165) is 12.2 Å². The lowest BCUT2D eigenvalue weighted by atomic mass is 10.00. The lowest BCUT2D eigenvalue weighted by molar-refractivity contribution is 0.123. The Morgan fingerprint density at radius 3 is 3.10 bits per heavy atom. The van der Waals surface area contributed by atoms with Gasteiger partial charge < -0.3 is 5.11 Å². The zero-order valence-electron chi connectivity index (χ0n) is 6.12. The average molecular weight is 158 g/mol. The minimum absolute atomic E-state index is 0.132. The van der Waals surface area contributed by atoms with Crippen LogP contribution in [0.25, 0.3) is 0 Å². The van der Waals surface area contributed by atoms with Crippen LogP contribution >= 0.6 is 11.8 Å². The molecule has 1 nitrogen and oxygen atoms in total. The molecule has 58 valence electrons. The Balaban J connectivity index is 2.24. The molecule has 0 bridgehead atoms. The summed E-state index contributed by atoms with van der Waals surface area (Å²) in [6.45, 7) is 3.61. The number of aliphatic hydroxyl groups excluding tert-OH is 1. The van der Waals surface area contributed by atoms with Crippen molar-refractivity contribution in [3.63, 3.8) is 0 Å². The van der Waals surface area contributed by atoms with E-state index in [1.54, 1.807) is 6.08 Å². The first-order valence-electron chi connectivity index (χ1n) is 3.71. The van der Waals surface area contributed by atoms with Crippen LogP contribution in [0.3, 0.4) is 0 Å². The maximum atomic E-state index is 9.46.